The molecule has 1 fully saturated rings. The summed E-state index contributed by atoms with van der Waals surface area (Å²) in [6.07, 6.45) is 0.0838. The van der Waals surface area contributed by atoms with Gasteiger partial charge in [-0.1, -0.05) is 60.3 Å². The van der Waals surface area contributed by atoms with Gasteiger partial charge in [0.1, 0.15) is 11.1 Å². The van der Waals surface area contributed by atoms with Gasteiger partial charge >= 0.3 is 0 Å². The Labute approximate surface area is 166 Å². The van der Waals surface area contributed by atoms with E-state index in [1.807, 2.05) is 36.4 Å². The number of thioether (sulfide) groups is 1. The average molecular weight is 385 g/mol. The quantitative estimate of drug-likeness (QED) is 0.634. The number of aromatic nitrogens is 1. The first-order valence-corrected chi connectivity index (χ1v) is 9.60. The van der Waals surface area contributed by atoms with Crippen LogP contribution in [-0.4, -0.2) is 22.0 Å². The van der Waals surface area contributed by atoms with Crippen molar-refractivity contribution in [2.24, 2.45) is 0 Å². The molecule has 1 aliphatic rings. The van der Waals surface area contributed by atoms with Gasteiger partial charge in [-0.2, -0.15) is 5.26 Å². The zero-order chi connectivity index (χ0) is 19.5. The van der Waals surface area contributed by atoms with Gasteiger partial charge in [-0.3, -0.25) is 9.59 Å². The molecule has 0 bridgehead atoms. The molecular formula is C22H15N3O2S. The number of amides is 2. The van der Waals surface area contributed by atoms with Crippen LogP contribution in [0.3, 0.4) is 0 Å². The molecule has 1 aliphatic heterocycles. The number of anilines is 1. The molecule has 3 aromatic rings. The lowest BCUT2D eigenvalue weighted by Crippen LogP contribution is -2.31. The van der Waals surface area contributed by atoms with Gasteiger partial charge in [0.05, 0.1) is 22.2 Å². The summed E-state index contributed by atoms with van der Waals surface area (Å²) in [5, 5.41) is 9.30. The third kappa shape index (κ3) is 3.40. The smallest absolute Gasteiger partial charge is 0.247 e. The number of carbonyl (C=O) groups excluding carboxylic acids is 2. The second-order valence-electron chi connectivity index (χ2n) is 6.24. The highest BCUT2D eigenvalue weighted by Crippen LogP contribution is 2.35. The average Bonchev–Trinajstić information content (AvgIpc) is 3.02. The van der Waals surface area contributed by atoms with Gasteiger partial charge in [0.15, 0.2) is 0 Å². The number of imide groups is 1. The van der Waals surface area contributed by atoms with Crippen molar-refractivity contribution in [3.8, 4) is 17.3 Å². The van der Waals surface area contributed by atoms with Crippen molar-refractivity contribution in [3.63, 3.8) is 0 Å². The molecule has 0 radical (unpaired) electrons. The first-order chi connectivity index (χ1) is 13.7. The van der Waals surface area contributed by atoms with Crippen LogP contribution < -0.4 is 4.90 Å². The molecule has 2 amide bonds. The lowest BCUT2D eigenvalue weighted by atomic mass is 10.1. The van der Waals surface area contributed by atoms with Crippen LogP contribution in [0.2, 0.25) is 0 Å². The minimum Gasteiger partial charge on any atom is -0.274 e. The maximum atomic E-state index is 12.8. The van der Waals surface area contributed by atoms with E-state index in [1.54, 1.807) is 36.4 Å². The first-order valence-electron chi connectivity index (χ1n) is 8.72. The predicted molar refractivity (Wildman–Crippen MR) is 108 cm³/mol. The van der Waals surface area contributed by atoms with Crippen LogP contribution in [0.25, 0.3) is 11.3 Å². The monoisotopic (exact) mass is 385 g/mol. The van der Waals surface area contributed by atoms with Crippen LogP contribution >= 0.6 is 11.8 Å². The van der Waals surface area contributed by atoms with Gasteiger partial charge in [0.2, 0.25) is 11.8 Å². The lowest BCUT2D eigenvalue weighted by molar-refractivity contribution is -0.121. The number of para-hydroxylation sites is 1. The number of benzene rings is 2. The maximum Gasteiger partial charge on any atom is 0.247 e. The van der Waals surface area contributed by atoms with E-state index in [1.165, 1.54) is 16.7 Å². The lowest BCUT2D eigenvalue weighted by Gasteiger charge is -2.15. The van der Waals surface area contributed by atoms with Crippen molar-refractivity contribution >= 4 is 29.3 Å². The highest BCUT2D eigenvalue weighted by atomic mass is 32.2. The summed E-state index contributed by atoms with van der Waals surface area (Å²) in [5.41, 5.74) is 2.60. The molecule has 0 N–H and O–H groups in total. The van der Waals surface area contributed by atoms with E-state index in [4.69, 9.17) is 0 Å². The van der Waals surface area contributed by atoms with E-state index in [-0.39, 0.29) is 18.2 Å². The van der Waals surface area contributed by atoms with Crippen molar-refractivity contribution in [1.82, 2.24) is 4.98 Å². The molecule has 136 valence electrons. The van der Waals surface area contributed by atoms with E-state index in [0.29, 0.717) is 16.3 Å². The zero-order valence-electron chi connectivity index (χ0n) is 14.8. The normalized spacial score (nSPS) is 16.2. The molecule has 1 saturated heterocycles. The molecule has 0 spiro atoms. The predicted octanol–water partition coefficient (Wildman–Crippen LogP) is 4.04. The van der Waals surface area contributed by atoms with E-state index in [0.717, 1.165) is 11.3 Å². The van der Waals surface area contributed by atoms with Crippen molar-refractivity contribution in [3.05, 3.63) is 78.4 Å². The highest BCUT2D eigenvalue weighted by Gasteiger charge is 2.40. The fourth-order valence-electron chi connectivity index (χ4n) is 3.06. The highest BCUT2D eigenvalue weighted by molar-refractivity contribution is 8.00. The van der Waals surface area contributed by atoms with Crippen LogP contribution in [0, 0.1) is 11.3 Å². The van der Waals surface area contributed by atoms with E-state index in [9.17, 15) is 14.9 Å². The number of pyridine rings is 1. The van der Waals surface area contributed by atoms with Gasteiger partial charge in [-0.05, 0) is 24.3 Å². The van der Waals surface area contributed by atoms with E-state index >= 15 is 0 Å². The van der Waals surface area contributed by atoms with Crippen molar-refractivity contribution in [2.45, 2.75) is 16.7 Å². The molecule has 4 rings (SSSR count). The minimum atomic E-state index is -0.599. The fourth-order valence-corrected chi connectivity index (χ4v) is 4.16. The molecule has 2 aromatic carbocycles. The van der Waals surface area contributed by atoms with Gasteiger partial charge in [-0.25, -0.2) is 9.88 Å². The second kappa shape index (κ2) is 7.67. The largest absolute Gasteiger partial charge is 0.274 e. The van der Waals surface area contributed by atoms with Crippen molar-refractivity contribution in [1.29, 1.82) is 5.26 Å². The minimum absolute atomic E-state index is 0.0838. The number of rotatable bonds is 4. The first kappa shape index (κ1) is 18.0. The number of hydrogen-bond acceptors (Lipinski definition) is 5. The Morgan fingerprint density at radius 2 is 1.64 bits per heavy atom. The molecule has 1 atom stereocenters. The van der Waals surface area contributed by atoms with E-state index in [2.05, 4.69) is 11.1 Å². The molecule has 0 saturated carbocycles. The van der Waals surface area contributed by atoms with Crippen LogP contribution in [0.5, 0.6) is 0 Å². The number of nitrogens with zero attached hydrogens (tertiary/aromatic N) is 3. The Hall–Kier alpha value is -3.43. The Kier molecular flexibility index (Phi) is 4.92. The van der Waals surface area contributed by atoms with Gasteiger partial charge < -0.3 is 0 Å². The molecule has 5 nitrogen and oxygen atoms in total. The Bertz CT molecular complexity index is 1080. The number of hydrogen-bond donors (Lipinski definition) is 0. The third-order valence-electron chi connectivity index (χ3n) is 4.42. The fraction of sp³-hybridized carbons (Fsp3) is 0.0909. The van der Waals surface area contributed by atoms with Gasteiger partial charge in [0.25, 0.3) is 0 Å². The third-order valence-corrected chi connectivity index (χ3v) is 5.61. The van der Waals surface area contributed by atoms with E-state index < -0.39 is 5.25 Å². The zero-order valence-corrected chi connectivity index (χ0v) is 15.6. The summed E-state index contributed by atoms with van der Waals surface area (Å²) in [5.74, 6) is -0.525. The van der Waals surface area contributed by atoms with Gasteiger partial charge in [0, 0.05) is 12.0 Å². The molecule has 0 aliphatic carbocycles. The Balaban J connectivity index is 1.63. The summed E-state index contributed by atoms with van der Waals surface area (Å²) >= 11 is 1.18. The van der Waals surface area contributed by atoms with Crippen LogP contribution in [0.4, 0.5) is 5.69 Å². The molecule has 0 unspecified atom stereocenters. The Morgan fingerprint density at radius 1 is 0.964 bits per heavy atom. The number of carbonyl (C=O) groups is 2. The topological polar surface area (TPSA) is 74.1 Å². The van der Waals surface area contributed by atoms with Gasteiger partial charge in [-0.15, -0.1) is 0 Å². The Morgan fingerprint density at radius 3 is 2.32 bits per heavy atom. The molecule has 28 heavy (non-hydrogen) atoms. The second-order valence-corrected chi connectivity index (χ2v) is 7.43. The van der Waals surface area contributed by atoms with Crippen LogP contribution in [-0.2, 0) is 9.59 Å². The summed E-state index contributed by atoms with van der Waals surface area (Å²) in [6, 6.07) is 24.1. The van der Waals surface area contributed by atoms with Crippen LogP contribution in [0.15, 0.2) is 77.8 Å². The molecule has 2 heterocycles. The SMILES string of the molecule is N#Cc1ccc(-c2ccccc2)nc1S[C@H]1CC(=O)N(c2ccccc2)C1=O. The van der Waals surface area contributed by atoms with Crippen LogP contribution in [0.1, 0.15) is 12.0 Å². The van der Waals surface area contributed by atoms with Crippen molar-refractivity contribution in [2.75, 3.05) is 4.90 Å². The molecule has 6 heteroatoms. The number of nitriles is 1. The molecule has 1 aromatic heterocycles. The standard InChI is InChI=1S/C22H15N3O2S/c23-14-16-11-12-18(15-7-3-1-4-8-15)24-21(16)28-19-13-20(26)25(22(19)27)17-9-5-2-6-10-17/h1-12,19H,13H2/t19-/m0/s1. The summed E-state index contributed by atoms with van der Waals surface area (Å²) < 4.78 is 0. The summed E-state index contributed by atoms with van der Waals surface area (Å²) in [6.45, 7) is 0. The molecular weight excluding hydrogens is 370 g/mol. The van der Waals surface area contributed by atoms with Crippen molar-refractivity contribution < 1.29 is 9.59 Å². The maximum absolute atomic E-state index is 12.8. The summed E-state index contributed by atoms with van der Waals surface area (Å²) in [7, 11) is 0. The summed E-state index contributed by atoms with van der Waals surface area (Å²) in [4.78, 5) is 31.1.